The number of hydrogen-bond acceptors (Lipinski definition) is 4. The minimum absolute atomic E-state index is 0.00982. The summed E-state index contributed by atoms with van der Waals surface area (Å²) in [6.45, 7) is 6.50. The largest absolute Gasteiger partial charge is 0.465 e. The van der Waals surface area contributed by atoms with E-state index in [9.17, 15) is 22.8 Å². The molecule has 0 aliphatic heterocycles. The van der Waals surface area contributed by atoms with E-state index in [4.69, 9.17) is 9.47 Å². The van der Waals surface area contributed by atoms with E-state index >= 15 is 0 Å². The topological polar surface area (TPSA) is 52.6 Å². The molecular formula is C14H23F3O4. The first kappa shape index (κ1) is 19.7. The molecule has 0 spiro atoms. The molecule has 0 heterocycles. The van der Waals surface area contributed by atoms with E-state index in [-0.39, 0.29) is 25.6 Å². The lowest BCUT2D eigenvalue weighted by molar-refractivity contribution is -0.179. The first-order valence-corrected chi connectivity index (χ1v) is 7.00. The lowest BCUT2D eigenvalue weighted by Gasteiger charge is -2.31. The first-order valence-electron chi connectivity index (χ1n) is 7.00. The van der Waals surface area contributed by atoms with Crippen LogP contribution in [-0.4, -0.2) is 31.3 Å². The van der Waals surface area contributed by atoms with Gasteiger partial charge in [0, 0.05) is 6.42 Å². The Morgan fingerprint density at radius 3 is 1.67 bits per heavy atom. The van der Waals surface area contributed by atoms with Gasteiger partial charge in [-0.3, -0.25) is 9.59 Å². The number of carbonyl (C=O) groups is 2. The fourth-order valence-corrected chi connectivity index (χ4v) is 2.15. The Morgan fingerprint density at radius 1 is 0.952 bits per heavy atom. The quantitative estimate of drug-likeness (QED) is 0.508. The number of ether oxygens (including phenoxy) is 2. The van der Waals surface area contributed by atoms with Crippen LogP contribution < -0.4 is 0 Å². The van der Waals surface area contributed by atoms with Gasteiger partial charge >= 0.3 is 18.1 Å². The van der Waals surface area contributed by atoms with Gasteiger partial charge in [-0.15, -0.1) is 0 Å². The van der Waals surface area contributed by atoms with Gasteiger partial charge in [0.05, 0.1) is 13.2 Å². The lowest BCUT2D eigenvalue weighted by Crippen LogP contribution is -2.44. The zero-order valence-electron chi connectivity index (χ0n) is 12.9. The Kier molecular flexibility index (Phi) is 7.74. The molecule has 7 heteroatoms. The van der Waals surface area contributed by atoms with Crippen LogP contribution in [0.1, 0.15) is 47.0 Å². The second-order valence-corrected chi connectivity index (χ2v) is 5.24. The maximum atomic E-state index is 12.5. The smallest absolute Gasteiger partial charge is 0.389 e. The predicted molar refractivity (Wildman–Crippen MR) is 70.4 cm³/mol. The Bertz CT molecular complexity index is 333. The normalized spacial score (nSPS) is 12.4. The van der Waals surface area contributed by atoms with Crippen LogP contribution in [0.2, 0.25) is 0 Å². The van der Waals surface area contributed by atoms with Crippen LogP contribution in [0.5, 0.6) is 0 Å². The van der Waals surface area contributed by atoms with Crippen molar-refractivity contribution in [2.75, 3.05) is 13.2 Å². The van der Waals surface area contributed by atoms with Crippen molar-refractivity contribution >= 4 is 11.9 Å². The molecule has 0 fully saturated rings. The molecule has 124 valence electrons. The minimum Gasteiger partial charge on any atom is -0.465 e. The number of carbonyl (C=O) groups excluding carboxylic acids is 2. The van der Waals surface area contributed by atoms with Gasteiger partial charge in [-0.2, -0.15) is 13.2 Å². The van der Waals surface area contributed by atoms with Gasteiger partial charge in [0.15, 0.2) is 5.41 Å². The summed E-state index contributed by atoms with van der Waals surface area (Å²) < 4.78 is 47.2. The summed E-state index contributed by atoms with van der Waals surface area (Å²) in [5, 5.41) is 0. The summed E-state index contributed by atoms with van der Waals surface area (Å²) in [7, 11) is 0. The molecule has 0 bridgehead atoms. The number of esters is 2. The maximum absolute atomic E-state index is 12.5. The molecule has 0 saturated heterocycles. The fourth-order valence-electron chi connectivity index (χ4n) is 2.15. The van der Waals surface area contributed by atoms with Crippen LogP contribution in [0, 0.1) is 11.3 Å². The highest BCUT2D eigenvalue weighted by atomic mass is 19.4. The van der Waals surface area contributed by atoms with Gasteiger partial charge in [-0.25, -0.2) is 0 Å². The Balaban J connectivity index is 5.48. The van der Waals surface area contributed by atoms with Crippen molar-refractivity contribution in [3.63, 3.8) is 0 Å². The highest BCUT2D eigenvalue weighted by Crippen LogP contribution is 2.38. The summed E-state index contributed by atoms with van der Waals surface area (Å²) in [6, 6.07) is 0. The van der Waals surface area contributed by atoms with E-state index in [0.717, 1.165) is 0 Å². The molecule has 0 aromatic rings. The van der Waals surface area contributed by atoms with Crippen molar-refractivity contribution in [1.82, 2.24) is 0 Å². The zero-order valence-corrected chi connectivity index (χ0v) is 12.9. The third-order valence-electron chi connectivity index (χ3n) is 2.92. The summed E-state index contributed by atoms with van der Waals surface area (Å²) in [6.07, 6.45) is -6.40. The highest BCUT2D eigenvalue weighted by Gasteiger charge is 2.50. The van der Waals surface area contributed by atoms with Crippen LogP contribution >= 0.6 is 0 Å². The third-order valence-corrected chi connectivity index (χ3v) is 2.92. The van der Waals surface area contributed by atoms with Gasteiger partial charge in [-0.1, -0.05) is 13.8 Å². The highest BCUT2D eigenvalue weighted by molar-refractivity contribution is 6.00. The zero-order chi connectivity index (χ0) is 16.7. The molecule has 0 atom stereocenters. The second-order valence-electron chi connectivity index (χ2n) is 5.24. The van der Waals surface area contributed by atoms with Gasteiger partial charge in [0.1, 0.15) is 0 Å². The van der Waals surface area contributed by atoms with Crippen LogP contribution in [0.4, 0.5) is 13.2 Å². The Morgan fingerprint density at radius 2 is 1.38 bits per heavy atom. The molecule has 0 unspecified atom stereocenters. The summed E-state index contributed by atoms with van der Waals surface area (Å²) in [4.78, 5) is 24.3. The van der Waals surface area contributed by atoms with Crippen LogP contribution in [0.15, 0.2) is 0 Å². The molecule has 4 nitrogen and oxygen atoms in total. The molecule has 0 radical (unpaired) electrons. The molecule has 0 rings (SSSR count). The van der Waals surface area contributed by atoms with Crippen LogP contribution in [0.25, 0.3) is 0 Å². The molecule has 0 aromatic heterocycles. The standard InChI is InChI=1S/C14H23F3O4/c1-5-20-11(18)13(9-10(3)4,12(19)21-6-2)7-8-14(15,16)17/h10H,5-9H2,1-4H3. The van der Waals surface area contributed by atoms with Crippen LogP contribution in [-0.2, 0) is 19.1 Å². The van der Waals surface area contributed by atoms with Gasteiger partial charge in [-0.05, 0) is 32.6 Å². The summed E-state index contributed by atoms with van der Waals surface area (Å²) in [5.74, 6) is -2.05. The average Bonchev–Trinajstić information content (AvgIpc) is 2.33. The SMILES string of the molecule is CCOC(=O)C(CCC(F)(F)F)(CC(C)C)C(=O)OCC. The molecule has 0 amide bonds. The molecule has 0 N–H and O–H groups in total. The third kappa shape index (κ3) is 6.35. The van der Waals surface area contributed by atoms with E-state index in [1.165, 1.54) is 13.8 Å². The van der Waals surface area contributed by atoms with E-state index < -0.39 is 36.4 Å². The second kappa shape index (κ2) is 8.24. The number of alkyl halides is 3. The molecule has 0 aromatic carbocycles. The number of rotatable bonds is 8. The van der Waals surface area contributed by atoms with Crippen molar-refractivity contribution in [1.29, 1.82) is 0 Å². The molecule has 21 heavy (non-hydrogen) atoms. The van der Waals surface area contributed by atoms with Crippen LogP contribution in [0.3, 0.4) is 0 Å². The lowest BCUT2D eigenvalue weighted by atomic mass is 9.76. The van der Waals surface area contributed by atoms with E-state index in [1.807, 2.05) is 0 Å². The van der Waals surface area contributed by atoms with Crippen molar-refractivity contribution in [3.05, 3.63) is 0 Å². The molecular weight excluding hydrogens is 289 g/mol. The molecule has 0 aliphatic rings. The Labute approximate surface area is 123 Å². The summed E-state index contributed by atoms with van der Waals surface area (Å²) >= 11 is 0. The fraction of sp³-hybridized carbons (Fsp3) is 0.857. The Hall–Kier alpha value is -1.27. The van der Waals surface area contributed by atoms with Gasteiger partial charge in [0.25, 0.3) is 0 Å². The number of halogens is 3. The minimum atomic E-state index is -4.46. The summed E-state index contributed by atoms with van der Waals surface area (Å²) in [5.41, 5.74) is -1.89. The van der Waals surface area contributed by atoms with Crippen molar-refractivity contribution in [2.24, 2.45) is 11.3 Å². The average molecular weight is 312 g/mol. The van der Waals surface area contributed by atoms with E-state index in [2.05, 4.69) is 0 Å². The monoisotopic (exact) mass is 312 g/mol. The molecule has 0 aliphatic carbocycles. The number of hydrogen-bond donors (Lipinski definition) is 0. The van der Waals surface area contributed by atoms with Crippen molar-refractivity contribution in [2.45, 2.75) is 53.1 Å². The van der Waals surface area contributed by atoms with E-state index in [0.29, 0.717) is 0 Å². The van der Waals surface area contributed by atoms with Crippen molar-refractivity contribution in [3.8, 4) is 0 Å². The van der Waals surface area contributed by atoms with E-state index in [1.54, 1.807) is 13.8 Å². The van der Waals surface area contributed by atoms with Gasteiger partial charge in [0.2, 0.25) is 0 Å². The maximum Gasteiger partial charge on any atom is 0.389 e. The van der Waals surface area contributed by atoms with Gasteiger partial charge < -0.3 is 9.47 Å². The predicted octanol–water partition coefficient (Wildman–Crippen LogP) is 3.49. The first-order chi connectivity index (χ1) is 9.59. The van der Waals surface area contributed by atoms with Crippen molar-refractivity contribution < 1.29 is 32.2 Å². The molecule has 0 saturated carbocycles.